The van der Waals surface area contributed by atoms with E-state index in [9.17, 15) is 9.18 Å². The first-order valence-corrected chi connectivity index (χ1v) is 7.30. The van der Waals surface area contributed by atoms with E-state index in [0.29, 0.717) is 18.0 Å². The number of amides is 1. The minimum Gasteiger partial charge on any atom is -0.325 e. The topological polar surface area (TPSA) is 64.9 Å². The summed E-state index contributed by atoms with van der Waals surface area (Å²) in [7, 11) is 0. The fraction of sp³-hybridized carbons (Fsp3) is 0.500. The summed E-state index contributed by atoms with van der Waals surface area (Å²) in [5, 5.41) is 15.0. The van der Waals surface area contributed by atoms with Crippen molar-refractivity contribution in [1.82, 2.24) is 5.32 Å². The molecule has 112 valence electrons. The van der Waals surface area contributed by atoms with Crippen LogP contribution >= 0.6 is 0 Å². The van der Waals surface area contributed by atoms with Gasteiger partial charge in [0, 0.05) is 6.42 Å². The number of halogens is 1. The van der Waals surface area contributed by atoms with Crippen molar-refractivity contribution in [2.45, 2.75) is 26.2 Å². The van der Waals surface area contributed by atoms with Gasteiger partial charge in [0.05, 0.1) is 11.3 Å². The van der Waals surface area contributed by atoms with E-state index in [-0.39, 0.29) is 17.4 Å². The fourth-order valence-electron chi connectivity index (χ4n) is 2.74. The van der Waals surface area contributed by atoms with E-state index in [2.05, 4.69) is 17.6 Å². The van der Waals surface area contributed by atoms with E-state index in [1.807, 2.05) is 6.07 Å². The molecule has 1 aromatic rings. The van der Waals surface area contributed by atoms with Crippen molar-refractivity contribution in [1.29, 1.82) is 5.26 Å². The van der Waals surface area contributed by atoms with Crippen molar-refractivity contribution in [3.63, 3.8) is 0 Å². The van der Waals surface area contributed by atoms with Gasteiger partial charge in [0.15, 0.2) is 0 Å². The van der Waals surface area contributed by atoms with Gasteiger partial charge in [-0.05, 0) is 56.0 Å². The number of nitrogens with zero attached hydrogens (tertiary/aromatic N) is 1. The SMILES string of the molecule is CC(CC(=O)Nc1ccc(F)cc1C#N)C1CCCNC1. The molecule has 2 N–H and O–H groups in total. The molecule has 1 saturated heterocycles. The maximum absolute atomic E-state index is 13.1. The molecule has 0 aromatic heterocycles. The van der Waals surface area contributed by atoms with Crippen LogP contribution in [0, 0.1) is 29.0 Å². The number of rotatable bonds is 4. The largest absolute Gasteiger partial charge is 0.325 e. The van der Waals surface area contributed by atoms with Crippen LogP contribution in [0.3, 0.4) is 0 Å². The Morgan fingerprint density at radius 2 is 2.43 bits per heavy atom. The Kier molecular flexibility index (Phi) is 5.29. The molecule has 1 heterocycles. The molecule has 1 aromatic carbocycles. The van der Waals surface area contributed by atoms with Crippen molar-refractivity contribution in [2.24, 2.45) is 11.8 Å². The lowest BCUT2D eigenvalue weighted by molar-refractivity contribution is -0.117. The summed E-state index contributed by atoms with van der Waals surface area (Å²) in [6, 6.07) is 5.69. The molecule has 0 radical (unpaired) electrons. The molecule has 0 aliphatic carbocycles. The summed E-state index contributed by atoms with van der Waals surface area (Å²) >= 11 is 0. The third-order valence-electron chi connectivity index (χ3n) is 4.02. The molecule has 4 nitrogen and oxygen atoms in total. The molecule has 1 amide bonds. The third-order valence-corrected chi connectivity index (χ3v) is 4.02. The highest BCUT2D eigenvalue weighted by Crippen LogP contribution is 2.23. The Bertz CT molecular complexity index is 547. The maximum atomic E-state index is 13.1. The summed E-state index contributed by atoms with van der Waals surface area (Å²) in [5.74, 6) is 0.180. The lowest BCUT2D eigenvalue weighted by atomic mass is 9.85. The Hall–Kier alpha value is -1.93. The smallest absolute Gasteiger partial charge is 0.224 e. The quantitative estimate of drug-likeness (QED) is 0.895. The van der Waals surface area contributed by atoms with Crippen LogP contribution in [-0.4, -0.2) is 19.0 Å². The number of hydrogen-bond acceptors (Lipinski definition) is 3. The lowest BCUT2D eigenvalue weighted by Crippen LogP contribution is -2.34. The number of hydrogen-bond donors (Lipinski definition) is 2. The van der Waals surface area contributed by atoms with Crippen LogP contribution in [-0.2, 0) is 4.79 Å². The molecular weight excluding hydrogens is 269 g/mol. The zero-order valence-electron chi connectivity index (χ0n) is 12.2. The molecular formula is C16H20FN3O. The first-order chi connectivity index (χ1) is 10.1. The van der Waals surface area contributed by atoms with Gasteiger partial charge < -0.3 is 10.6 Å². The van der Waals surface area contributed by atoms with Gasteiger partial charge in [-0.15, -0.1) is 0 Å². The van der Waals surface area contributed by atoms with Gasteiger partial charge in [0.2, 0.25) is 5.91 Å². The first-order valence-electron chi connectivity index (χ1n) is 7.30. The van der Waals surface area contributed by atoms with Crippen LogP contribution in [0.4, 0.5) is 10.1 Å². The van der Waals surface area contributed by atoms with Crippen molar-refractivity contribution in [2.75, 3.05) is 18.4 Å². The van der Waals surface area contributed by atoms with E-state index in [1.165, 1.54) is 12.1 Å². The number of piperidine rings is 1. The predicted octanol–water partition coefficient (Wildman–Crippen LogP) is 2.66. The lowest BCUT2D eigenvalue weighted by Gasteiger charge is -2.28. The van der Waals surface area contributed by atoms with Gasteiger partial charge in [-0.25, -0.2) is 4.39 Å². The molecule has 0 bridgehead atoms. The summed E-state index contributed by atoms with van der Waals surface area (Å²) in [6.45, 7) is 4.08. The minimum absolute atomic E-state index is 0.129. The number of nitriles is 1. The molecule has 0 spiro atoms. The number of benzene rings is 1. The second-order valence-corrected chi connectivity index (χ2v) is 5.64. The van der Waals surface area contributed by atoms with Gasteiger partial charge >= 0.3 is 0 Å². The van der Waals surface area contributed by atoms with Gasteiger partial charge in [-0.1, -0.05) is 6.92 Å². The Morgan fingerprint density at radius 3 is 3.10 bits per heavy atom. The van der Waals surface area contributed by atoms with Crippen LogP contribution < -0.4 is 10.6 Å². The predicted molar refractivity (Wildman–Crippen MR) is 79.1 cm³/mol. The van der Waals surface area contributed by atoms with Crippen molar-refractivity contribution in [3.8, 4) is 6.07 Å². The Morgan fingerprint density at radius 1 is 1.62 bits per heavy atom. The van der Waals surface area contributed by atoms with Crippen LogP contribution in [0.1, 0.15) is 31.7 Å². The molecule has 2 rings (SSSR count). The van der Waals surface area contributed by atoms with Gasteiger partial charge in [0.1, 0.15) is 11.9 Å². The number of carbonyl (C=O) groups excluding carboxylic acids is 1. The Balaban J connectivity index is 1.94. The number of nitrogens with one attached hydrogen (secondary N) is 2. The highest BCUT2D eigenvalue weighted by molar-refractivity contribution is 5.92. The summed E-state index contributed by atoms with van der Waals surface area (Å²) in [6.07, 6.45) is 2.70. The third kappa shape index (κ3) is 4.27. The molecule has 1 aliphatic heterocycles. The molecule has 1 aliphatic rings. The molecule has 0 saturated carbocycles. The minimum atomic E-state index is -0.480. The highest BCUT2D eigenvalue weighted by Gasteiger charge is 2.22. The van der Waals surface area contributed by atoms with E-state index < -0.39 is 5.82 Å². The molecule has 21 heavy (non-hydrogen) atoms. The average Bonchev–Trinajstić information content (AvgIpc) is 2.49. The van der Waals surface area contributed by atoms with Crippen LogP contribution in [0.5, 0.6) is 0 Å². The van der Waals surface area contributed by atoms with E-state index in [0.717, 1.165) is 32.0 Å². The van der Waals surface area contributed by atoms with E-state index in [4.69, 9.17) is 5.26 Å². The van der Waals surface area contributed by atoms with Crippen LogP contribution in [0.25, 0.3) is 0 Å². The summed E-state index contributed by atoms with van der Waals surface area (Å²) in [5.41, 5.74) is 0.521. The molecule has 2 atom stereocenters. The van der Waals surface area contributed by atoms with Gasteiger partial charge in [-0.3, -0.25) is 4.79 Å². The van der Waals surface area contributed by atoms with Crippen molar-refractivity contribution >= 4 is 11.6 Å². The molecule has 2 unspecified atom stereocenters. The monoisotopic (exact) mass is 289 g/mol. The average molecular weight is 289 g/mol. The van der Waals surface area contributed by atoms with Gasteiger partial charge in [0.25, 0.3) is 0 Å². The molecule has 5 heteroatoms. The number of carbonyl (C=O) groups is 1. The first kappa shape index (κ1) is 15.5. The van der Waals surface area contributed by atoms with Crippen molar-refractivity contribution < 1.29 is 9.18 Å². The summed E-state index contributed by atoms with van der Waals surface area (Å²) in [4.78, 5) is 12.1. The van der Waals surface area contributed by atoms with Crippen LogP contribution in [0.2, 0.25) is 0 Å². The fourth-order valence-corrected chi connectivity index (χ4v) is 2.74. The molecule has 1 fully saturated rings. The van der Waals surface area contributed by atoms with Gasteiger partial charge in [-0.2, -0.15) is 5.26 Å². The van der Waals surface area contributed by atoms with Crippen LogP contribution in [0.15, 0.2) is 18.2 Å². The number of anilines is 1. The zero-order chi connectivity index (χ0) is 15.2. The van der Waals surface area contributed by atoms with E-state index >= 15 is 0 Å². The second kappa shape index (κ2) is 7.19. The normalized spacial score (nSPS) is 19.6. The Labute approximate surface area is 124 Å². The standard InChI is InChI=1S/C16H20FN3O/c1-11(12-3-2-6-19-10-12)7-16(21)20-15-5-4-14(17)8-13(15)9-18/h4-5,8,11-12,19H,2-3,6-7,10H2,1H3,(H,20,21). The maximum Gasteiger partial charge on any atom is 0.224 e. The summed E-state index contributed by atoms with van der Waals surface area (Å²) < 4.78 is 13.1. The zero-order valence-corrected chi connectivity index (χ0v) is 12.2. The second-order valence-electron chi connectivity index (χ2n) is 5.64. The van der Waals surface area contributed by atoms with E-state index in [1.54, 1.807) is 0 Å². The highest BCUT2D eigenvalue weighted by atomic mass is 19.1. The van der Waals surface area contributed by atoms with Crippen molar-refractivity contribution in [3.05, 3.63) is 29.6 Å².